The molecule has 2 aliphatic rings. The number of aromatic nitrogens is 2. The number of halogens is 2. The van der Waals surface area contributed by atoms with Crippen molar-refractivity contribution in [1.29, 1.82) is 0 Å². The van der Waals surface area contributed by atoms with Gasteiger partial charge >= 0.3 is 0 Å². The molecule has 35 heavy (non-hydrogen) atoms. The van der Waals surface area contributed by atoms with Crippen LogP contribution in [-0.2, 0) is 21.4 Å². The third kappa shape index (κ3) is 5.28. The lowest BCUT2D eigenvalue weighted by Crippen LogP contribution is -2.60. The van der Waals surface area contributed by atoms with Crippen LogP contribution in [-0.4, -0.2) is 60.0 Å². The van der Waals surface area contributed by atoms with E-state index < -0.39 is 23.5 Å². The largest absolute Gasteiger partial charge is 0.367 e. The predicted octanol–water partition coefficient (Wildman–Crippen LogP) is 1.69. The van der Waals surface area contributed by atoms with E-state index in [1.54, 1.807) is 18.0 Å². The van der Waals surface area contributed by atoms with Gasteiger partial charge in [-0.3, -0.25) is 19.7 Å². The molecule has 1 aromatic carbocycles. The van der Waals surface area contributed by atoms with Crippen molar-refractivity contribution in [2.45, 2.75) is 38.1 Å². The fraction of sp³-hybridized carbons (Fsp3) is 0.500. The van der Waals surface area contributed by atoms with Crippen molar-refractivity contribution in [3.8, 4) is 0 Å². The zero-order valence-corrected chi connectivity index (χ0v) is 19.8. The Morgan fingerprint density at radius 2 is 1.86 bits per heavy atom. The molecule has 2 fully saturated rings. The number of nitrogens with one attached hydrogen (secondary N) is 2. The molecular weight excluding hydrogens is 458 g/mol. The summed E-state index contributed by atoms with van der Waals surface area (Å²) in [5.41, 5.74) is 0.0189. The Labute approximate surface area is 202 Å². The second-order valence-electron chi connectivity index (χ2n) is 9.27. The SMILES string of the molecule is CCCC(C(=O)NC=O)c1c(F)cc(N2CC(NC(=O)CC3CN(c4nccn4C)C3)C2)cc1F. The van der Waals surface area contributed by atoms with Crippen molar-refractivity contribution in [2.75, 3.05) is 36.0 Å². The molecular formula is C24H30F2N6O3. The number of anilines is 2. The van der Waals surface area contributed by atoms with Crippen LogP contribution in [0, 0.1) is 17.6 Å². The maximum absolute atomic E-state index is 14.8. The van der Waals surface area contributed by atoms with Crippen molar-refractivity contribution < 1.29 is 23.2 Å². The van der Waals surface area contributed by atoms with Crippen molar-refractivity contribution >= 4 is 29.9 Å². The summed E-state index contributed by atoms with van der Waals surface area (Å²) >= 11 is 0. The fourth-order valence-corrected chi connectivity index (χ4v) is 4.79. The number of aryl methyl sites for hydroxylation is 1. The number of hydrogen-bond donors (Lipinski definition) is 2. The van der Waals surface area contributed by atoms with E-state index in [1.165, 1.54) is 12.1 Å². The molecule has 2 aliphatic heterocycles. The number of nitrogens with zero attached hydrogens (tertiary/aromatic N) is 4. The van der Waals surface area contributed by atoms with Crippen LogP contribution in [0.3, 0.4) is 0 Å². The van der Waals surface area contributed by atoms with Gasteiger partial charge in [0.15, 0.2) is 0 Å². The second kappa shape index (κ2) is 10.4. The van der Waals surface area contributed by atoms with Crippen LogP contribution in [0.4, 0.5) is 20.4 Å². The van der Waals surface area contributed by atoms with Crippen LogP contribution >= 0.6 is 0 Å². The highest BCUT2D eigenvalue weighted by Gasteiger charge is 2.34. The average Bonchev–Trinajstić information content (AvgIpc) is 3.16. The molecule has 188 valence electrons. The topological polar surface area (TPSA) is 99.6 Å². The van der Waals surface area contributed by atoms with Gasteiger partial charge in [-0.05, 0) is 18.6 Å². The number of amides is 3. The molecule has 2 N–H and O–H groups in total. The van der Waals surface area contributed by atoms with Gasteiger partial charge in [-0.2, -0.15) is 0 Å². The van der Waals surface area contributed by atoms with Gasteiger partial charge in [-0.25, -0.2) is 13.8 Å². The highest BCUT2D eigenvalue weighted by atomic mass is 19.1. The van der Waals surface area contributed by atoms with Crippen molar-refractivity contribution in [3.05, 3.63) is 41.7 Å². The molecule has 0 aliphatic carbocycles. The first-order valence-corrected chi connectivity index (χ1v) is 11.8. The van der Waals surface area contributed by atoms with Crippen molar-refractivity contribution in [2.24, 2.45) is 13.0 Å². The lowest BCUT2D eigenvalue weighted by molar-refractivity contribution is -0.127. The molecule has 0 saturated carbocycles. The zero-order valence-electron chi connectivity index (χ0n) is 19.8. The lowest BCUT2D eigenvalue weighted by atomic mass is 9.92. The van der Waals surface area contributed by atoms with Gasteiger partial charge in [0.05, 0.1) is 12.0 Å². The van der Waals surface area contributed by atoms with Gasteiger partial charge in [-0.15, -0.1) is 0 Å². The van der Waals surface area contributed by atoms with Gasteiger partial charge < -0.3 is 19.7 Å². The molecule has 9 nitrogen and oxygen atoms in total. The van der Waals surface area contributed by atoms with Crippen LogP contribution in [0.1, 0.15) is 37.7 Å². The molecule has 2 saturated heterocycles. The predicted molar refractivity (Wildman–Crippen MR) is 126 cm³/mol. The minimum Gasteiger partial charge on any atom is -0.367 e. The Balaban J connectivity index is 1.27. The average molecular weight is 489 g/mol. The smallest absolute Gasteiger partial charge is 0.234 e. The van der Waals surface area contributed by atoms with Gasteiger partial charge in [0.2, 0.25) is 24.2 Å². The first-order valence-electron chi connectivity index (χ1n) is 11.8. The minimum atomic E-state index is -1.08. The summed E-state index contributed by atoms with van der Waals surface area (Å²) < 4.78 is 31.6. The molecule has 4 rings (SSSR count). The van der Waals surface area contributed by atoms with E-state index in [-0.39, 0.29) is 36.3 Å². The quantitative estimate of drug-likeness (QED) is 0.494. The first kappa shape index (κ1) is 24.6. The number of hydrogen-bond acceptors (Lipinski definition) is 6. The first-order chi connectivity index (χ1) is 16.8. The summed E-state index contributed by atoms with van der Waals surface area (Å²) in [6, 6.07) is 2.31. The van der Waals surface area contributed by atoms with E-state index in [0.29, 0.717) is 31.6 Å². The van der Waals surface area contributed by atoms with Crippen LogP contribution in [0.15, 0.2) is 24.5 Å². The number of imidazole rings is 1. The monoisotopic (exact) mass is 488 g/mol. The van der Waals surface area contributed by atoms with Gasteiger partial charge in [-0.1, -0.05) is 13.3 Å². The normalized spacial score (nSPS) is 16.9. The summed E-state index contributed by atoms with van der Waals surface area (Å²) in [6.07, 6.45) is 5.01. The number of rotatable bonds is 10. The summed E-state index contributed by atoms with van der Waals surface area (Å²) in [5, 5.41) is 4.98. The number of carbonyl (C=O) groups excluding carboxylic acids is 3. The molecule has 0 spiro atoms. The maximum atomic E-state index is 14.8. The molecule has 0 bridgehead atoms. The Morgan fingerprint density at radius 1 is 1.17 bits per heavy atom. The molecule has 2 aromatic rings. The highest BCUT2D eigenvalue weighted by molar-refractivity contribution is 5.91. The van der Waals surface area contributed by atoms with Crippen LogP contribution < -0.4 is 20.4 Å². The summed E-state index contributed by atoms with van der Waals surface area (Å²) in [6.45, 7) is 4.24. The zero-order chi connectivity index (χ0) is 25.1. The molecule has 3 heterocycles. The Kier molecular flexibility index (Phi) is 7.32. The van der Waals surface area contributed by atoms with Crippen LogP contribution in [0.5, 0.6) is 0 Å². The number of benzene rings is 1. The summed E-state index contributed by atoms with van der Waals surface area (Å²) in [4.78, 5) is 43.4. The Morgan fingerprint density at radius 3 is 2.43 bits per heavy atom. The molecule has 3 amide bonds. The molecule has 0 radical (unpaired) electrons. The van der Waals surface area contributed by atoms with Gasteiger partial charge in [0.25, 0.3) is 0 Å². The van der Waals surface area contributed by atoms with Crippen molar-refractivity contribution in [1.82, 2.24) is 20.2 Å². The maximum Gasteiger partial charge on any atom is 0.234 e. The molecule has 1 aromatic heterocycles. The number of imide groups is 1. The van der Waals surface area contributed by atoms with E-state index in [0.717, 1.165) is 19.0 Å². The Hall–Kier alpha value is -3.50. The van der Waals surface area contributed by atoms with E-state index in [1.807, 2.05) is 23.1 Å². The molecule has 1 unspecified atom stereocenters. The van der Waals surface area contributed by atoms with E-state index >= 15 is 0 Å². The van der Waals surface area contributed by atoms with Crippen LogP contribution in [0.25, 0.3) is 0 Å². The van der Waals surface area contributed by atoms with E-state index in [2.05, 4.69) is 15.2 Å². The third-order valence-corrected chi connectivity index (χ3v) is 6.63. The van der Waals surface area contributed by atoms with Gasteiger partial charge in [0, 0.05) is 69.2 Å². The third-order valence-electron chi connectivity index (χ3n) is 6.63. The molecule has 11 heteroatoms. The lowest BCUT2D eigenvalue weighted by Gasteiger charge is -2.43. The van der Waals surface area contributed by atoms with Crippen LogP contribution in [0.2, 0.25) is 0 Å². The highest BCUT2D eigenvalue weighted by Crippen LogP contribution is 2.32. The Bertz CT molecular complexity index is 1070. The van der Waals surface area contributed by atoms with Gasteiger partial charge in [0.1, 0.15) is 11.6 Å². The summed E-state index contributed by atoms with van der Waals surface area (Å²) in [7, 11) is 1.93. The van der Waals surface area contributed by atoms with E-state index in [4.69, 9.17) is 0 Å². The second-order valence-corrected chi connectivity index (χ2v) is 9.27. The molecule has 1 atom stereocenters. The van der Waals surface area contributed by atoms with Crippen molar-refractivity contribution in [3.63, 3.8) is 0 Å². The fourth-order valence-electron chi connectivity index (χ4n) is 4.79. The standard InChI is InChI=1S/C24H30F2N6O3/c1-3-4-18(23(35)28-14-33)22-19(25)8-17(9-20(22)26)31-12-16(13-31)29-21(34)7-15-10-32(11-15)24-27-5-6-30(24)2/h5-6,8-9,14-16,18H,3-4,7,10-13H2,1-2H3,(H,29,34)(H,28,33,35). The number of carbonyl (C=O) groups is 3. The van der Waals surface area contributed by atoms with E-state index in [9.17, 15) is 23.2 Å². The summed E-state index contributed by atoms with van der Waals surface area (Å²) in [5.74, 6) is -2.33. The minimum absolute atomic E-state index is 0.0320.